The van der Waals surface area contributed by atoms with Gasteiger partial charge in [0.2, 0.25) is 5.91 Å². The van der Waals surface area contributed by atoms with Crippen molar-refractivity contribution in [2.24, 2.45) is 0 Å². The van der Waals surface area contributed by atoms with Crippen LogP contribution in [0.1, 0.15) is 22.5 Å². The fourth-order valence-electron chi connectivity index (χ4n) is 3.24. The Morgan fingerprint density at radius 2 is 1.96 bits per heavy atom. The third-order valence-electron chi connectivity index (χ3n) is 4.74. The number of hydrogen-bond donors (Lipinski definition) is 1. The molecule has 0 radical (unpaired) electrons. The molecule has 2 aromatic rings. The van der Waals surface area contributed by atoms with Crippen LogP contribution in [-0.4, -0.2) is 69.9 Å². The van der Waals surface area contributed by atoms with Crippen molar-refractivity contribution >= 4 is 11.9 Å². The van der Waals surface area contributed by atoms with Gasteiger partial charge in [0.15, 0.2) is 0 Å². The summed E-state index contributed by atoms with van der Waals surface area (Å²) in [4.78, 5) is 27.7. The van der Waals surface area contributed by atoms with Crippen LogP contribution in [0.15, 0.2) is 36.5 Å². The van der Waals surface area contributed by atoms with Gasteiger partial charge in [-0.05, 0) is 23.8 Å². The zero-order chi connectivity index (χ0) is 19.2. The number of benzene rings is 1. The van der Waals surface area contributed by atoms with E-state index in [0.29, 0.717) is 13.1 Å². The Labute approximate surface area is 157 Å². The minimum Gasteiger partial charge on any atom is -0.497 e. The molecule has 1 aliphatic rings. The number of nitrogens with zero attached hydrogens (tertiary/aromatic N) is 4. The van der Waals surface area contributed by atoms with Gasteiger partial charge in [-0.3, -0.25) is 14.4 Å². The average molecular weight is 372 g/mol. The van der Waals surface area contributed by atoms with Gasteiger partial charge in [0.05, 0.1) is 13.7 Å². The molecule has 8 heteroatoms. The molecule has 27 heavy (non-hydrogen) atoms. The molecule has 0 aliphatic carbocycles. The Hall–Kier alpha value is -2.87. The van der Waals surface area contributed by atoms with Gasteiger partial charge in [-0.2, -0.15) is 5.10 Å². The Bertz CT molecular complexity index is 797. The number of hydrogen-bond acceptors (Lipinski definition) is 5. The first-order chi connectivity index (χ1) is 13.1. The molecular weight excluding hydrogens is 348 g/mol. The third kappa shape index (κ3) is 4.85. The number of piperazine rings is 1. The maximum Gasteiger partial charge on any atom is 0.354 e. The summed E-state index contributed by atoms with van der Waals surface area (Å²) in [6.45, 7) is 4.07. The summed E-state index contributed by atoms with van der Waals surface area (Å²) >= 11 is 0. The normalized spacial score (nSPS) is 14.9. The fourth-order valence-corrected chi connectivity index (χ4v) is 3.24. The number of carbonyl (C=O) groups is 2. The molecule has 144 valence electrons. The van der Waals surface area contributed by atoms with Gasteiger partial charge >= 0.3 is 5.97 Å². The highest BCUT2D eigenvalue weighted by molar-refractivity contribution is 5.85. The van der Waals surface area contributed by atoms with Crippen molar-refractivity contribution in [3.63, 3.8) is 0 Å². The first kappa shape index (κ1) is 18.9. The quantitative estimate of drug-likeness (QED) is 0.789. The minimum absolute atomic E-state index is 0.0304. The van der Waals surface area contributed by atoms with Gasteiger partial charge in [-0.25, -0.2) is 4.79 Å². The van der Waals surface area contributed by atoms with Crippen molar-refractivity contribution in [1.82, 2.24) is 19.6 Å². The van der Waals surface area contributed by atoms with Crippen molar-refractivity contribution in [3.8, 4) is 5.75 Å². The first-order valence-electron chi connectivity index (χ1n) is 8.95. The van der Waals surface area contributed by atoms with E-state index in [1.807, 2.05) is 23.1 Å². The molecule has 1 fully saturated rings. The van der Waals surface area contributed by atoms with E-state index in [0.717, 1.165) is 25.4 Å². The van der Waals surface area contributed by atoms with Crippen LogP contribution in [0.5, 0.6) is 5.75 Å². The number of carboxylic acid groups (broad SMARTS) is 1. The lowest BCUT2D eigenvalue weighted by molar-refractivity contribution is -0.133. The third-order valence-corrected chi connectivity index (χ3v) is 4.74. The summed E-state index contributed by atoms with van der Waals surface area (Å²) in [5.74, 6) is -0.158. The van der Waals surface area contributed by atoms with Crippen LogP contribution in [0, 0.1) is 0 Å². The van der Waals surface area contributed by atoms with Gasteiger partial charge in [0.25, 0.3) is 0 Å². The second-order valence-electron chi connectivity index (χ2n) is 6.50. The molecule has 0 bridgehead atoms. The SMILES string of the molecule is COc1cccc(CN2CCN(C(=O)CCn3nccc3C(=O)O)CC2)c1. The Balaban J connectivity index is 1.46. The molecule has 1 aromatic carbocycles. The molecule has 3 rings (SSSR count). The molecule has 1 saturated heterocycles. The number of rotatable bonds is 7. The van der Waals surface area contributed by atoms with Crippen LogP contribution in [0.3, 0.4) is 0 Å². The number of ether oxygens (including phenoxy) is 1. The van der Waals surface area contributed by atoms with Gasteiger partial charge in [0.1, 0.15) is 11.4 Å². The van der Waals surface area contributed by atoms with Crippen LogP contribution in [0.25, 0.3) is 0 Å². The molecule has 0 saturated carbocycles. The lowest BCUT2D eigenvalue weighted by atomic mass is 10.2. The smallest absolute Gasteiger partial charge is 0.354 e. The first-order valence-corrected chi connectivity index (χ1v) is 8.95. The van der Waals surface area contributed by atoms with Crippen molar-refractivity contribution in [2.75, 3.05) is 33.3 Å². The Morgan fingerprint density at radius 1 is 1.19 bits per heavy atom. The molecule has 8 nitrogen and oxygen atoms in total. The number of carbonyl (C=O) groups excluding carboxylic acids is 1. The van der Waals surface area contributed by atoms with Gasteiger partial charge in [0, 0.05) is 45.3 Å². The van der Waals surface area contributed by atoms with E-state index < -0.39 is 5.97 Å². The largest absolute Gasteiger partial charge is 0.497 e. The van der Waals surface area contributed by atoms with E-state index in [1.165, 1.54) is 22.5 Å². The number of aryl methyl sites for hydroxylation is 1. The molecular formula is C19H24N4O4. The monoisotopic (exact) mass is 372 g/mol. The number of carboxylic acids is 1. The topological polar surface area (TPSA) is 87.9 Å². The van der Waals surface area contributed by atoms with Crippen molar-refractivity contribution < 1.29 is 19.4 Å². The average Bonchev–Trinajstić information content (AvgIpc) is 3.16. The molecule has 0 atom stereocenters. The summed E-state index contributed by atoms with van der Waals surface area (Å²) in [6, 6.07) is 9.44. The summed E-state index contributed by atoms with van der Waals surface area (Å²) in [5.41, 5.74) is 1.29. The zero-order valence-electron chi connectivity index (χ0n) is 15.4. The molecule has 2 heterocycles. The highest BCUT2D eigenvalue weighted by Gasteiger charge is 2.21. The number of methoxy groups -OCH3 is 1. The highest BCUT2D eigenvalue weighted by atomic mass is 16.5. The van der Waals surface area contributed by atoms with Crippen LogP contribution in [-0.2, 0) is 17.9 Å². The lowest BCUT2D eigenvalue weighted by Crippen LogP contribution is -2.48. The van der Waals surface area contributed by atoms with Gasteiger partial charge in [-0.15, -0.1) is 0 Å². The van der Waals surface area contributed by atoms with Crippen molar-refractivity contribution in [3.05, 3.63) is 47.8 Å². The minimum atomic E-state index is -1.04. The van der Waals surface area contributed by atoms with Gasteiger partial charge in [-0.1, -0.05) is 12.1 Å². The maximum atomic E-state index is 12.4. The predicted octanol–water partition coefficient (Wildman–Crippen LogP) is 1.32. The second-order valence-corrected chi connectivity index (χ2v) is 6.50. The van der Waals surface area contributed by atoms with E-state index in [1.54, 1.807) is 7.11 Å². The molecule has 1 aromatic heterocycles. The summed E-state index contributed by atoms with van der Waals surface area (Å²) in [7, 11) is 1.66. The van der Waals surface area contributed by atoms with E-state index >= 15 is 0 Å². The summed E-state index contributed by atoms with van der Waals surface area (Å²) < 4.78 is 6.62. The van der Waals surface area contributed by atoms with Crippen LogP contribution in [0.4, 0.5) is 0 Å². The van der Waals surface area contributed by atoms with Crippen molar-refractivity contribution in [2.45, 2.75) is 19.5 Å². The summed E-state index contributed by atoms with van der Waals surface area (Å²) in [6.07, 6.45) is 1.68. The van der Waals surface area contributed by atoms with Gasteiger partial charge < -0.3 is 14.7 Å². The number of aromatic carboxylic acids is 1. The Kier molecular flexibility index (Phi) is 6.08. The van der Waals surface area contributed by atoms with E-state index in [9.17, 15) is 9.59 Å². The molecule has 0 unspecified atom stereocenters. The maximum absolute atomic E-state index is 12.4. The lowest BCUT2D eigenvalue weighted by Gasteiger charge is -2.34. The molecule has 1 N–H and O–H groups in total. The zero-order valence-corrected chi connectivity index (χ0v) is 15.4. The second kappa shape index (κ2) is 8.68. The van der Waals surface area contributed by atoms with Crippen molar-refractivity contribution in [1.29, 1.82) is 0 Å². The van der Waals surface area contributed by atoms with E-state index in [2.05, 4.69) is 16.1 Å². The molecule has 1 aliphatic heterocycles. The van der Waals surface area contributed by atoms with E-state index in [4.69, 9.17) is 9.84 Å². The molecule has 1 amide bonds. The van der Waals surface area contributed by atoms with Crippen LogP contribution in [0.2, 0.25) is 0 Å². The predicted molar refractivity (Wildman–Crippen MR) is 98.7 cm³/mol. The highest BCUT2D eigenvalue weighted by Crippen LogP contribution is 2.15. The number of aromatic nitrogens is 2. The Morgan fingerprint density at radius 3 is 2.67 bits per heavy atom. The van der Waals surface area contributed by atoms with E-state index in [-0.39, 0.29) is 24.6 Å². The molecule has 0 spiro atoms. The summed E-state index contributed by atoms with van der Waals surface area (Å²) in [5, 5.41) is 13.1. The fraction of sp³-hybridized carbons (Fsp3) is 0.421. The van der Waals surface area contributed by atoms with Crippen LogP contribution >= 0.6 is 0 Å². The number of amides is 1. The standard InChI is InChI=1S/C19H24N4O4/c1-27-16-4-2-3-15(13-16)14-21-9-11-22(12-10-21)18(24)6-8-23-17(19(25)26)5-7-20-23/h2-5,7,13H,6,8-12,14H2,1H3,(H,25,26). The van der Waals surface area contributed by atoms with Crippen LogP contribution < -0.4 is 4.74 Å².